The van der Waals surface area contributed by atoms with Crippen molar-refractivity contribution in [3.63, 3.8) is 0 Å². The van der Waals surface area contributed by atoms with E-state index in [0.29, 0.717) is 19.0 Å². The first-order valence-electron chi connectivity index (χ1n) is 9.68. The predicted molar refractivity (Wildman–Crippen MR) is 100 cm³/mol. The van der Waals surface area contributed by atoms with Crippen molar-refractivity contribution in [1.29, 1.82) is 0 Å². The highest BCUT2D eigenvalue weighted by molar-refractivity contribution is 5.86. The van der Waals surface area contributed by atoms with Gasteiger partial charge in [0.05, 0.1) is 23.2 Å². The van der Waals surface area contributed by atoms with E-state index in [2.05, 4.69) is 17.2 Å². The fourth-order valence-electron chi connectivity index (χ4n) is 4.37. The van der Waals surface area contributed by atoms with Crippen molar-refractivity contribution in [3.8, 4) is 0 Å². The van der Waals surface area contributed by atoms with E-state index in [1.54, 1.807) is 10.9 Å². The number of carboxylic acids is 1. The molecule has 0 atom stereocenters. The molecule has 1 amide bonds. The Hall–Kier alpha value is -2.63. The number of likely N-dealkylation sites (tertiary alicyclic amines) is 1. The molecule has 1 saturated carbocycles. The molecule has 2 heterocycles. The first kappa shape index (κ1) is 17.8. The molecule has 1 aromatic heterocycles. The lowest BCUT2D eigenvalue weighted by Gasteiger charge is -2.45. The number of hydrogen-bond donors (Lipinski definition) is 1. The highest BCUT2D eigenvalue weighted by Gasteiger charge is 2.46. The van der Waals surface area contributed by atoms with E-state index >= 15 is 0 Å². The number of piperidine rings is 1. The first-order chi connectivity index (χ1) is 13.1. The number of aromatic nitrogens is 2. The molecule has 0 bridgehead atoms. The lowest BCUT2D eigenvalue weighted by molar-refractivity contribution is -0.149. The Bertz CT molecular complexity index is 818. The molecule has 1 saturated heterocycles. The van der Waals surface area contributed by atoms with Crippen molar-refractivity contribution in [1.82, 2.24) is 14.7 Å². The smallest absolute Gasteiger partial charge is 0.338 e. The molecule has 1 aromatic carbocycles. The van der Waals surface area contributed by atoms with Gasteiger partial charge in [0.1, 0.15) is 0 Å². The number of carboxylic acid groups (broad SMARTS) is 1. The van der Waals surface area contributed by atoms with E-state index in [0.717, 1.165) is 38.5 Å². The third-order valence-corrected chi connectivity index (χ3v) is 6.12. The van der Waals surface area contributed by atoms with E-state index in [4.69, 9.17) is 5.11 Å². The minimum atomic E-state index is -0.957. The molecule has 1 N–H and O–H groups in total. The van der Waals surface area contributed by atoms with Crippen molar-refractivity contribution in [2.45, 2.75) is 44.6 Å². The molecule has 0 unspecified atom stereocenters. The molecule has 6 heteroatoms. The first-order valence-corrected chi connectivity index (χ1v) is 9.68. The van der Waals surface area contributed by atoms with Gasteiger partial charge in [-0.3, -0.25) is 9.48 Å². The van der Waals surface area contributed by atoms with Crippen LogP contribution in [0.4, 0.5) is 0 Å². The number of aromatic carboxylic acids is 1. The van der Waals surface area contributed by atoms with Crippen LogP contribution in [0.25, 0.3) is 0 Å². The summed E-state index contributed by atoms with van der Waals surface area (Å²) < 4.78 is 1.74. The predicted octanol–water partition coefficient (Wildman–Crippen LogP) is 3.16. The minimum absolute atomic E-state index is 0.161. The van der Waals surface area contributed by atoms with E-state index < -0.39 is 5.97 Å². The summed E-state index contributed by atoms with van der Waals surface area (Å²) in [7, 11) is 0. The normalized spacial score (nSPS) is 19.5. The van der Waals surface area contributed by atoms with Gasteiger partial charge in [-0.2, -0.15) is 5.10 Å². The molecule has 2 aliphatic rings. The summed E-state index contributed by atoms with van der Waals surface area (Å²) >= 11 is 0. The van der Waals surface area contributed by atoms with Gasteiger partial charge in [0.15, 0.2) is 0 Å². The number of hydrogen-bond acceptors (Lipinski definition) is 3. The molecule has 142 valence electrons. The quantitative estimate of drug-likeness (QED) is 0.881. The van der Waals surface area contributed by atoms with Gasteiger partial charge in [-0.15, -0.1) is 0 Å². The lowest BCUT2D eigenvalue weighted by atomic mass is 9.64. The number of carbonyl (C=O) groups is 2. The molecule has 0 spiro atoms. The Morgan fingerprint density at radius 3 is 2.41 bits per heavy atom. The van der Waals surface area contributed by atoms with Gasteiger partial charge >= 0.3 is 5.97 Å². The van der Waals surface area contributed by atoms with Crippen molar-refractivity contribution in [2.24, 2.45) is 5.41 Å². The summed E-state index contributed by atoms with van der Waals surface area (Å²) in [6.45, 7) is 1.42. The Kier molecular flexibility index (Phi) is 4.72. The SMILES string of the molecule is O=C(O)c1cnn(C2CCN(C(=O)C3(Cc4ccccc4)CCC3)CC2)c1. The maximum Gasteiger partial charge on any atom is 0.338 e. The van der Waals surface area contributed by atoms with Crippen LogP contribution in [0.2, 0.25) is 0 Å². The van der Waals surface area contributed by atoms with Gasteiger partial charge in [0, 0.05) is 19.3 Å². The van der Waals surface area contributed by atoms with Crippen LogP contribution in [0.1, 0.15) is 54.1 Å². The molecular formula is C21H25N3O3. The number of carbonyl (C=O) groups excluding carboxylic acids is 1. The van der Waals surface area contributed by atoms with Gasteiger partial charge < -0.3 is 10.0 Å². The summed E-state index contributed by atoms with van der Waals surface area (Å²) in [6.07, 6.45) is 8.51. The third kappa shape index (κ3) is 3.48. The number of nitrogens with zero attached hydrogens (tertiary/aromatic N) is 3. The van der Waals surface area contributed by atoms with Crippen LogP contribution in [0.3, 0.4) is 0 Å². The van der Waals surface area contributed by atoms with Crippen LogP contribution in [0.15, 0.2) is 42.7 Å². The second-order valence-electron chi connectivity index (χ2n) is 7.83. The van der Waals surface area contributed by atoms with Crippen LogP contribution in [0.5, 0.6) is 0 Å². The molecule has 2 aromatic rings. The third-order valence-electron chi connectivity index (χ3n) is 6.12. The van der Waals surface area contributed by atoms with Crippen molar-refractivity contribution in [2.75, 3.05) is 13.1 Å². The second kappa shape index (κ2) is 7.18. The van der Waals surface area contributed by atoms with Crippen molar-refractivity contribution in [3.05, 3.63) is 53.9 Å². The average molecular weight is 367 g/mol. The lowest BCUT2D eigenvalue weighted by Crippen LogP contribution is -2.51. The van der Waals surface area contributed by atoms with Gasteiger partial charge in [-0.1, -0.05) is 36.8 Å². The number of benzene rings is 1. The minimum Gasteiger partial charge on any atom is -0.478 e. The molecule has 27 heavy (non-hydrogen) atoms. The van der Waals surface area contributed by atoms with E-state index in [1.165, 1.54) is 11.8 Å². The van der Waals surface area contributed by atoms with Crippen LogP contribution < -0.4 is 0 Å². The number of rotatable bonds is 5. The molecule has 6 nitrogen and oxygen atoms in total. The van der Waals surface area contributed by atoms with Gasteiger partial charge in [-0.05, 0) is 37.7 Å². The van der Waals surface area contributed by atoms with Gasteiger partial charge in [0.25, 0.3) is 0 Å². The van der Waals surface area contributed by atoms with Crippen LogP contribution in [-0.4, -0.2) is 44.8 Å². The van der Waals surface area contributed by atoms with Gasteiger partial charge in [0.2, 0.25) is 5.91 Å². The maximum absolute atomic E-state index is 13.3. The molecule has 4 rings (SSSR count). The van der Waals surface area contributed by atoms with Crippen LogP contribution in [-0.2, 0) is 11.2 Å². The summed E-state index contributed by atoms with van der Waals surface area (Å²) in [5.74, 6) is -0.663. The zero-order valence-electron chi connectivity index (χ0n) is 15.4. The zero-order chi connectivity index (χ0) is 18.9. The fraction of sp³-hybridized carbons (Fsp3) is 0.476. The van der Waals surface area contributed by atoms with Crippen molar-refractivity contribution >= 4 is 11.9 Å². The fourth-order valence-corrected chi connectivity index (χ4v) is 4.37. The summed E-state index contributed by atoms with van der Waals surface area (Å²) in [5, 5.41) is 13.2. The highest BCUT2D eigenvalue weighted by atomic mass is 16.4. The molecule has 1 aliphatic carbocycles. The Morgan fingerprint density at radius 2 is 1.85 bits per heavy atom. The Morgan fingerprint density at radius 1 is 1.15 bits per heavy atom. The Balaban J connectivity index is 1.39. The van der Waals surface area contributed by atoms with Crippen LogP contribution in [0, 0.1) is 5.41 Å². The second-order valence-corrected chi connectivity index (χ2v) is 7.83. The summed E-state index contributed by atoms with van der Waals surface area (Å²) in [4.78, 5) is 26.3. The summed E-state index contributed by atoms with van der Waals surface area (Å²) in [6, 6.07) is 10.5. The maximum atomic E-state index is 13.3. The topological polar surface area (TPSA) is 75.4 Å². The van der Waals surface area contributed by atoms with Gasteiger partial charge in [-0.25, -0.2) is 4.79 Å². The van der Waals surface area contributed by atoms with E-state index in [-0.39, 0.29) is 17.0 Å². The molecule has 1 aliphatic heterocycles. The van der Waals surface area contributed by atoms with Crippen LogP contribution >= 0.6 is 0 Å². The van der Waals surface area contributed by atoms with E-state index in [1.807, 2.05) is 23.1 Å². The molecular weight excluding hydrogens is 342 g/mol. The average Bonchev–Trinajstić information content (AvgIpc) is 3.16. The largest absolute Gasteiger partial charge is 0.478 e. The standard InChI is InChI=1S/C21H25N3O3/c25-19(26)17-14-22-24(15-17)18-7-11-23(12-8-18)20(27)21(9-4-10-21)13-16-5-2-1-3-6-16/h1-3,5-6,14-15,18H,4,7-13H2,(H,25,26). The number of amides is 1. The molecule has 2 fully saturated rings. The zero-order valence-corrected chi connectivity index (χ0v) is 15.4. The summed E-state index contributed by atoms with van der Waals surface area (Å²) in [5.41, 5.74) is 1.22. The van der Waals surface area contributed by atoms with Crippen molar-refractivity contribution < 1.29 is 14.7 Å². The Labute approximate surface area is 158 Å². The monoisotopic (exact) mass is 367 g/mol. The highest BCUT2D eigenvalue weighted by Crippen LogP contribution is 2.45. The van der Waals surface area contributed by atoms with E-state index in [9.17, 15) is 9.59 Å². The molecule has 0 radical (unpaired) electrons.